The van der Waals surface area contributed by atoms with Gasteiger partial charge in [-0.3, -0.25) is 0 Å². The lowest BCUT2D eigenvalue weighted by molar-refractivity contribution is 0.278. The average Bonchev–Trinajstić information content (AvgIpc) is 2.34. The van der Waals surface area contributed by atoms with Gasteiger partial charge in [0, 0.05) is 13.6 Å². The van der Waals surface area contributed by atoms with Crippen LogP contribution in [0.2, 0.25) is 0 Å². The van der Waals surface area contributed by atoms with E-state index in [2.05, 4.69) is 9.68 Å². The molecule has 4 nitrogen and oxygen atoms in total. The lowest BCUT2D eigenvalue weighted by Crippen LogP contribution is -2.15. The van der Waals surface area contributed by atoms with Crippen molar-refractivity contribution in [3.8, 4) is 5.95 Å². The van der Waals surface area contributed by atoms with Crippen molar-refractivity contribution in [1.82, 2.24) is 5.16 Å². The number of nitrogens with zero attached hydrogens (tertiary/aromatic N) is 2. The van der Waals surface area contributed by atoms with Gasteiger partial charge in [-0.25, -0.2) is 0 Å². The third-order valence-corrected chi connectivity index (χ3v) is 1.35. The quantitative estimate of drug-likeness (QED) is 0.664. The summed E-state index contributed by atoms with van der Waals surface area (Å²) in [5.74, 6) is 0.510. The molecule has 1 rings (SSSR count). The fourth-order valence-corrected chi connectivity index (χ4v) is 0.599. The fourth-order valence-electron chi connectivity index (χ4n) is 0.599. The minimum Gasteiger partial charge on any atom is -0.479 e. The molecule has 0 aliphatic heterocycles. The van der Waals surface area contributed by atoms with Crippen LogP contribution in [0.5, 0.6) is 5.95 Å². The minimum atomic E-state index is -0.143. The van der Waals surface area contributed by atoms with E-state index in [9.17, 15) is 0 Å². The standard InChI is InChI=1S/C6H10N2O2/c1-3-8(2)5-4-6(9)10-7-5/h4,9H,3H2,1-2H3. The molecule has 0 amide bonds. The van der Waals surface area contributed by atoms with E-state index in [1.165, 1.54) is 6.07 Å². The summed E-state index contributed by atoms with van der Waals surface area (Å²) in [4.78, 5) is 1.86. The summed E-state index contributed by atoms with van der Waals surface area (Å²) in [6.07, 6.45) is 0. The summed E-state index contributed by atoms with van der Waals surface area (Å²) in [5, 5.41) is 12.3. The van der Waals surface area contributed by atoms with Gasteiger partial charge >= 0.3 is 5.95 Å². The molecule has 0 aliphatic carbocycles. The highest BCUT2D eigenvalue weighted by Gasteiger charge is 2.03. The van der Waals surface area contributed by atoms with Crippen LogP contribution in [-0.2, 0) is 0 Å². The molecule has 56 valence electrons. The van der Waals surface area contributed by atoms with E-state index in [4.69, 9.17) is 5.11 Å². The van der Waals surface area contributed by atoms with Crippen molar-refractivity contribution in [1.29, 1.82) is 0 Å². The number of aromatic nitrogens is 1. The second kappa shape index (κ2) is 2.60. The van der Waals surface area contributed by atoms with Gasteiger partial charge in [0.05, 0.1) is 6.07 Å². The van der Waals surface area contributed by atoms with Crippen molar-refractivity contribution in [3.63, 3.8) is 0 Å². The molecule has 1 aromatic rings. The zero-order chi connectivity index (χ0) is 7.56. The molecular weight excluding hydrogens is 132 g/mol. The van der Waals surface area contributed by atoms with Crippen LogP contribution in [-0.4, -0.2) is 23.9 Å². The molecule has 0 fully saturated rings. The number of anilines is 1. The van der Waals surface area contributed by atoms with Gasteiger partial charge in [0.2, 0.25) is 0 Å². The van der Waals surface area contributed by atoms with E-state index in [-0.39, 0.29) is 5.95 Å². The number of hydrogen-bond donors (Lipinski definition) is 1. The highest BCUT2D eigenvalue weighted by atomic mass is 16.5. The first-order valence-electron chi connectivity index (χ1n) is 3.11. The van der Waals surface area contributed by atoms with Gasteiger partial charge in [0.1, 0.15) is 0 Å². The molecule has 1 aromatic heterocycles. The fraction of sp³-hybridized carbons (Fsp3) is 0.500. The molecule has 0 saturated heterocycles. The Kier molecular flexibility index (Phi) is 1.80. The van der Waals surface area contributed by atoms with E-state index >= 15 is 0 Å². The Balaban J connectivity index is 2.74. The van der Waals surface area contributed by atoms with Crippen molar-refractivity contribution in [2.45, 2.75) is 6.92 Å². The summed E-state index contributed by atoms with van der Waals surface area (Å²) < 4.78 is 4.45. The topological polar surface area (TPSA) is 49.5 Å². The monoisotopic (exact) mass is 142 g/mol. The molecule has 1 heterocycles. The Labute approximate surface area is 59.0 Å². The van der Waals surface area contributed by atoms with Gasteiger partial charge in [0.15, 0.2) is 5.82 Å². The van der Waals surface area contributed by atoms with Gasteiger partial charge in [-0.15, -0.1) is 0 Å². The number of hydrogen-bond acceptors (Lipinski definition) is 4. The van der Waals surface area contributed by atoms with Crippen LogP contribution >= 0.6 is 0 Å². The number of rotatable bonds is 2. The van der Waals surface area contributed by atoms with Crippen LogP contribution in [0.3, 0.4) is 0 Å². The third kappa shape index (κ3) is 1.21. The predicted octanol–water partition coefficient (Wildman–Crippen LogP) is 0.836. The van der Waals surface area contributed by atoms with Crippen LogP contribution in [0, 0.1) is 0 Å². The lowest BCUT2D eigenvalue weighted by atomic mass is 10.5. The largest absolute Gasteiger partial charge is 0.479 e. The zero-order valence-electron chi connectivity index (χ0n) is 6.03. The maximum Gasteiger partial charge on any atom is 0.310 e. The SMILES string of the molecule is CCN(C)c1cc(O)on1. The van der Waals surface area contributed by atoms with Crippen molar-refractivity contribution < 1.29 is 9.63 Å². The van der Waals surface area contributed by atoms with Crippen molar-refractivity contribution in [2.24, 2.45) is 0 Å². The first kappa shape index (κ1) is 6.92. The molecule has 10 heavy (non-hydrogen) atoms. The van der Waals surface area contributed by atoms with Gasteiger partial charge in [0.25, 0.3) is 0 Å². The van der Waals surface area contributed by atoms with Gasteiger partial charge in [-0.05, 0) is 6.92 Å². The van der Waals surface area contributed by atoms with Crippen molar-refractivity contribution >= 4 is 5.82 Å². The summed E-state index contributed by atoms with van der Waals surface area (Å²) in [7, 11) is 1.87. The highest BCUT2D eigenvalue weighted by Crippen LogP contribution is 2.16. The Morgan fingerprint density at radius 3 is 2.90 bits per heavy atom. The number of aromatic hydroxyl groups is 1. The van der Waals surface area contributed by atoms with Crippen LogP contribution in [0.4, 0.5) is 5.82 Å². The zero-order valence-corrected chi connectivity index (χ0v) is 6.03. The van der Waals surface area contributed by atoms with E-state index in [1.54, 1.807) is 0 Å². The molecule has 0 radical (unpaired) electrons. The summed E-state index contributed by atoms with van der Waals surface area (Å²) in [6.45, 7) is 2.83. The molecule has 1 N–H and O–H groups in total. The first-order chi connectivity index (χ1) is 4.74. The second-order valence-electron chi connectivity index (χ2n) is 2.04. The molecule has 0 aliphatic rings. The van der Waals surface area contributed by atoms with E-state index < -0.39 is 0 Å². The second-order valence-corrected chi connectivity index (χ2v) is 2.04. The minimum absolute atomic E-state index is 0.143. The van der Waals surface area contributed by atoms with Gasteiger partial charge in [-0.1, -0.05) is 5.16 Å². The molecule has 0 atom stereocenters. The Hall–Kier alpha value is -1.19. The molecule has 4 heteroatoms. The van der Waals surface area contributed by atoms with Gasteiger partial charge in [-0.2, -0.15) is 0 Å². The molecule has 0 aromatic carbocycles. The maximum atomic E-state index is 8.74. The Morgan fingerprint density at radius 2 is 2.50 bits per heavy atom. The third-order valence-electron chi connectivity index (χ3n) is 1.35. The highest BCUT2D eigenvalue weighted by molar-refractivity contribution is 5.37. The summed E-state index contributed by atoms with van der Waals surface area (Å²) in [6, 6.07) is 1.48. The van der Waals surface area contributed by atoms with Crippen LogP contribution < -0.4 is 4.90 Å². The molecular formula is C6H10N2O2. The maximum absolute atomic E-state index is 8.74. The molecule has 0 saturated carbocycles. The van der Waals surface area contributed by atoms with Crippen LogP contribution in [0.15, 0.2) is 10.6 Å². The molecule has 0 unspecified atom stereocenters. The average molecular weight is 142 g/mol. The van der Waals surface area contributed by atoms with Crippen LogP contribution in [0.25, 0.3) is 0 Å². The lowest BCUT2D eigenvalue weighted by Gasteiger charge is -2.09. The van der Waals surface area contributed by atoms with Crippen molar-refractivity contribution in [3.05, 3.63) is 6.07 Å². The van der Waals surface area contributed by atoms with Crippen LogP contribution in [0.1, 0.15) is 6.92 Å². The normalized spacial score (nSPS) is 9.80. The van der Waals surface area contributed by atoms with E-state index in [1.807, 2.05) is 18.9 Å². The van der Waals surface area contributed by atoms with Crippen molar-refractivity contribution in [2.75, 3.05) is 18.5 Å². The Morgan fingerprint density at radius 1 is 1.80 bits per heavy atom. The smallest absolute Gasteiger partial charge is 0.310 e. The van der Waals surface area contributed by atoms with Gasteiger partial charge < -0.3 is 14.5 Å². The molecule has 0 bridgehead atoms. The molecule has 0 spiro atoms. The Bertz CT molecular complexity index is 209. The first-order valence-corrected chi connectivity index (χ1v) is 3.11. The summed E-state index contributed by atoms with van der Waals surface area (Å²) in [5.41, 5.74) is 0. The summed E-state index contributed by atoms with van der Waals surface area (Å²) >= 11 is 0. The van der Waals surface area contributed by atoms with E-state index in [0.717, 1.165) is 6.54 Å². The predicted molar refractivity (Wildman–Crippen MR) is 37.1 cm³/mol. The van der Waals surface area contributed by atoms with E-state index in [0.29, 0.717) is 5.82 Å².